The Balaban J connectivity index is 2.38. The highest BCUT2D eigenvalue weighted by molar-refractivity contribution is 9.10. The number of carbonyl (C=O) groups excluding carboxylic acids is 1. The van der Waals surface area contributed by atoms with Gasteiger partial charge in [-0.1, -0.05) is 46.3 Å². The number of nitrogens with one attached hydrogen (secondary N) is 1. The van der Waals surface area contributed by atoms with E-state index in [1.165, 1.54) is 12.1 Å². The third-order valence-corrected chi connectivity index (χ3v) is 4.35. The van der Waals surface area contributed by atoms with Gasteiger partial charge in [-0.3, -0.25) is 4.79 Å². The lowest BCUT2D eigenvalue weighted by Gasteiger charge is -2.38. The smallest absolute Gasteiger partial charge is 0.448 e. The maximum Gasteiger partial charge on any atom is 0.462 e. The average Bonchev–Trinajstić information content (AvgIpc) is 2.55. The maximum absolute atomic E-state index is 13.7. The number of halogens is 4. The third kappa shape index (κ3) is 3.10. The van der Waals surface area contributed by atoms with Crippen LogP contribution in [-0.2, 0) is 4.79 Å². The Bertz CT molecular complexity index is 893. The van der Waals surface area contributed by atoms with Crippen LogP contribution < -0.4 is 10.1 Å². The molecule has 0 aromatic heterocycles. The number of rotatable bonds is 2. The van der Waals surface area contributed by atoms with Gasteiger partial charge in [0.1, 0.15) is 11.4 Å². The molecule has 4 nitrogen and oxygen atoms in total. The molecule has 0 saturated carbocycles. The van der Waals surface area contributed by atoms with Crippen molar-refractivity contribution in [2.45, 2.75) is 18.9 Å². The van der Waals surface area contributed by atoms with E-state index >= 15 is 0 Å². The van der Waals surface area contributed by atoms with Gasteiger partial charge in [0, 0.05) is 22.5 Å². The summed E-state index contributed by atoms with van der Waals surface area (Å²) in [4.78, 5) is 11.6. The number of hydrogen-bond donors (Lipinski definition) is 2. The molecule has 1 unspecified atom stereocenters. The summed E-state index contributed by atoms with van der Waals surface area (Å²) in [5, 5.41) is 12.5. The first-order valence-electron chi connectivity index (χ1n) is 7.49. The minimum atomic E-state index is -5.18. The lowest BCUT2D eigenvalue weighted by molar-refractivity contribution is -0.318. The van der Waals surface area contributed by atoms with Gasteiger partial charge in [0.05, 0.1) is 0 Å². The summed E-state index contributed by atoms with van der Waals surface area (Å²) in [5.41, 5.74) is -0.0178. The standard InChI is InChI=1S/C18H13BrF3NO3/c1-10(24)23-16-15(11-6-8-12(19)9-7-11)13-4-2-3-5-14(13)26-17(16,25)18(20,21)22/h2-9,25H,1H3,(H,23,24). The molecule has 1 amide bonds. The molecule has 3 rings (SSSR count). The number of aliphatic hydroxyl groups is 1. The number of hydrogen-bond acceptors (Lipinski definition) is 3. The molecule has 1 atom stereocenters. The summed E-state index contributed by atoms with van der Waals surface area (Å²) >= 11 is 3.27. The molecular formula is C18H13BrF3NO3. The van der Waals surface area contributed by atoms with Crippen molar-refractivity contribution in [3.63, 3.8) is 0 Å². The first-order chi connectivity index (χ1) is 12.1. The van der Waals surface area contributed by atoms with Crippen molar-refractivity contribution in [1.29, 1.82) is 0 Å². The summed E-state index contributed by atoms with van der Waals surface area (Å²) in [6, 6.07) is 12.5. The van der Waals surface area contributed by atoms with Crippen molar-refractivity contribution in [1.82, 2.24) is 5.32 Å². The van der Waals surface area contributed by atoms with Gasteiger partial charge in [-0.05, 0) is 23.8 Å². The van der Waals surface area contributed by atoms with E-state index < -0.39 is 23.6 Å². The minimum Gasteiger partial charge on any atom is -0.448 e. The number of benzene rings is 2. The van der Waals surface area contributed by atoms with E-state index in [2.05, 4.69) is 21.2 Å². The van der Waals surface area contributed by atoms with E-state index in [-0.39, 0.29) is 11.3 Å². The number of carbonyl (C=O) groups is 1. The van der Waals surface area contributed by atoms with Gasteiger partial charge in [-0.25, -0.2) is 0 Å². The number of alkyl halides is 3. The molecule has 1 aliphatic heterocycles. The molecule has 2 aromatic carbocycles. The number of ether oxygens (including phenoxy) is 1. The molecule has 8 heteroatoms. The fraction of sp³-hybridized carbons (Fsp3) is 0.167. The van der Waals surface area contributed by atoms with Crippen LogP contribution in [0.25, 0.3) is 5.57 Å². The van der Waals surface area contributed by atoms with Crippen molar-refractivity contribution in [3.05, 3.63) is 69.8 Å². The Morgan fingerprint density at radius 1 is 1.15 bits per heavy atom. The molecule has 0 bridgehead atoms. The molecule has 136 valence electrons. The maximum atomic E-state index is 13.7. The van der Waals surface area contributed by atoms with E-state index in [1.54, 1.807) is 36.4 Å². The number of para-hydroxylation sites is 1. The zero-order valence-electron chi connectivity index (χ0n) is 13.4. The first-order valence-corrected chi connectivity index (χ1v) is 8.28. The van der Waals surface area contributed by atoms with Crippen molar-refractivity contribution >= 4 is 27.4 Å². The Kier molecular flexibility index (Phi) is 4.58. The second kappa shape index (κ2) is 6.44. The summed E-state index contributed by atoms with van der Waals surface area (Å²) < 4.78 is 46.8. The van der Waals surface area contributed by atoms with Gasteiger partial charge >= 0.3 is 12.0 Å². The molecule has 1 heterocycles. The second-order valence-corrected chi connectivity index (χ2v) is 6.59. The predicted molar refractivity (Wildman–Crippen MR) is 92.1 cm³/mol. The molecular weight excluding hydrogens is 415 g/mol. The lowest BCUT2D eigenvalue weighted by atomic mass is 9.89. The molecule has 0 aliphatic carbocycles. The Hall–Kier alpha value is -2.32. The molecule has 0 fully saturated rings. The van der Waals surface area contributed by atoms with Crippen molar-refractivity contribution in [2.75, 3.05) is 0 Å². The Labute approximate surface area is 155 Å². The van der Waals surface area contributed by atoms with Crippen LogP contribution >= 0.6 is 15.9 Å². The third-order valence-electron chi connectivity index (χ3n) is 3.82. The molecule has 0 spiro atoms. The lowest BCUT2D eigenvalue weighted by Crippen LogP contribution is -2.57. The first kappa shape index (κ1) is 18.5. The van der Waals surface area contributed by atoms with Crippen LogP contribution in [0.2, 0.25) is 0 Å². The Morgan fingerprint density at radius 2 is 1.77 bits per heavy atom. The van der Waals surface area contributed by atoms with E-state index in [0.29, 0.717) is 11.1 Å². The van der Waals surface area contributed by atoms with Crippen molar-refractivity contribution in [2.24, 2.45) is 0 Å². The topological polar surface area (TPSA) is 58.6 Å². The molecule has 0 radical (unpaired) electrons. The van der Waals surface area contributed by atoms with Crippen LogP contribution in [-0.4, -0.2) is 23.0 Å². The zero-order chi connectivity index (χ0) is 19.1. The normalized spacial score (nSPS) is 19.6. The highest BCUT2D eigenvalue weighted by Crippen LogP contribution is 2.47. The average molecular weight is 428 g/mol. The minimum absolute atomic E-state index is 0.0365. The number of fused-ring (bicyclic) bond motifs is 1. The highest BCUT2D eigenvalue weighted by Gasteiger charge is 2.62. The van der Waals surface area contributed by atoms with Crippen LogP contribution in [0, 0.1) is 0 Å². The Morgan fingerprint density at radius 3 is 2.35 bits per heavy atom. The van der Waals surface area contributed by atoms with Crippen LogP contribution in [0.15, 0.2) is 58.7 Å². The molecule has 26 heavy (non-hydrogen) atoms. The zero-order valence-corrected chi connectivity index (χ0v) is 15.0. The van der Waals surface area contributed by atoms with E-state index in [4.69, 9.17) is 4.74 Å². The van der Waals surface area contributed by atoms with Crippen LogP contribution in [0.4, 0.5) is 13.2 Å². The fourth-order valence-electron chi connectivity index (χ4n) is 2.72. The molecule has 2 N–H and O–H groups in total. The van der Waals surface area contributed by atoms with Crippen LogP contribution in [0.5, 0.6) is 5.75 Å². The quantitative estimate of drug-likeness (QED) is 0.761. The summed E-state index contributed by atoms with van der Waals surface area (Å²) in [5.74, 6) is -4.59. The van der Waals surface area contributed by atoms with Crippen LogP contribution in [0.3, 0.4) is 0 Å². The number of amides is 1. The van der Waals surface area contributed by atoms with Crippen LogP contribution in [0.1, 0.15) is 18.1 Å². The van der Waals surface area contributed by atoms with Gasteiger partial charge in [-0.2, -0.15) is 13.2 Å². The molecule has 1 aliphatic rings. The van der Waals surface area contributed by atoms with Gasteiger partial charge in [0.2, 0.25) is 5.91 Å². The second-order valence-electron chi connectivity index (χ2n) is 5.68. The van der Waals surface area contributed by atoms with Crippen molar-refractivity contribution in [3.8, 4) is 5.75 Å². The van der Waals surface area contributed by atoms with Gasteiger partial charge < -0.3 is 15.2 Å². The molecule has 0 saturated heterocycles. The van der Waals surface area contributed by atoms with E-state index in [9.17, 15) is 23.1 Å². The molecule has 2 aromatic rings. The van der Waals surface area contributed by atoms with Gasteiger partial charge in [0.25, 0.3) is 0 Å². The van der Waals surface area contributed by atoms with E-state index in [0.717, 1.165) is 11.4 Å². The predicted octanol–water partition coefficient (Wildman–Crippen LogP) is 3.99. The SMILES string of the molecule is CC(=O)NC1=C(c2ccc(Br)cc2)c2ccccc2OC1(O)C(F)(F)F. The summed E-state index contributed by atoms with van der Waals surface area (Å²) in [6.45, 7) is 1.06. The summed E-state index contributed by atoms with van der Waals surface area (Å²) in [7, 11) is 0. The van der Waals surface area contributed by atoms with Gasteiger partial charge in [0.15, 0.2) is 0 Å². The summed E-state index contributed by atoms with van der Waals surface area (Å²) in [6.07, 6.45) is -5.18. The monoisotopic (exact) mass is 427 g/mol. The van der Waals surface area contributed by atoms with Crippen molar-refractivity contribution < 1.29 is 27.8 Å². The largest absolute Gasteiger partial charge is 0.462 e. The van der Waals surface area contributed by atoms with Gasteiger partial charge in [-0.15, -0.1) is 0 Å². The fourth-order valence-corrected chi connectivity index (χ4v) is 2.98. The van der Waals surface area contributed by atoms with E-state index in [1.807, 2.05) is 0 Å². The highest BCUT2D eigenvalue weighted by atomic mass is 79.9.